The molecule has 0 fully saturated rings. The second-order valence-electron chi connectivity index (χ2n) is 9.30. The molecule has 166 valence electrons. The van der Waals surface area contributed by atoms with Crippen LogP contribution in [0.15, 0.2) is 97.1 Å². The highest BCUT2D eigenvalue weighted by atomic mass is 16.6. The second kappa shape index (κ2) is 7.51. The molecular weight excluding hydrogens is 432 g/mol. The molecule has 7 rings (SSSR count). The normalized spacial score (nSPS) is 13.1. The van der Waals surface area contributed by atoms with Gasteiger partial charge in [-0.15, -0.1) is 0 Å². The summed E-state index contributed by atoms with van der Waals surface area (Å²) in [6.07, 6.45) is 1.62. The fraction of sp³-hybridized carbons (Fsp3) is 0.0625. The molecule has 0 saturated heterocycles. The number of benzene rings is 5. The third-order valence-electron chi connectivity index (χ3n) is 7.05. The van der Waals surface area contributed by atoms with E-state index in [4.69, 9.17) is 4.74 Å². The minimum atomic E-state index is -0.563. The average molecular weight is 453 g/mol. The van der Waals surface area contributed by atoms with Gasteiger partial charge in [0, 0.05) is 5.56 Å². The van der Waals surface area contributed by atoms with Crippen molar-refractivity contribution in [2.24, 2.45) is 0 Å². The Hall–Kier alpha value is -4.50. The first-order valence-electron chi connectivity index (χ1n) is 11.8. The van der Waals surface area contributed by atoms with Crippen molar-refractivity contribution >= 4 is 22.7 Å². The van der Waals surface area contributed by atoms with Gasteiger partial charge in [-0.2, -0.15) is 0 Å². The largest absolute Gasteiger partial charge is 0.386 e. The number of carbonyl (C=O) groups excluding carboxylic acids is 2. The Labute approximate surface area is 202 Å². The molecule has 3 heteroatoms. The molecule has 0 aromatic heterocycles. The van der Waals surface area contributed by atoms with Crippen LogP contribution < -0.4 is 0 Å². The van der Waals surface area contributed by atoms with Gasteiger partial charge in [0.05, 0.1) is 11.1 Å². The van der Waals surface area contributed by atoms with E-state index in [2.05, 4.69) is 66.7 Å². The summed E-state index contributed by atoms with van der Waals surface area (Å²) in [6.45, 7) is 0. The zero-order chi connectivity index (χ0) is 23.5. The Bertz CT molecular complexity index is 1680. The highest BCUT2D eigenvalue weighted by Crippen LogP contribution is 2.51. The number of esters is 2. The van der Waals surface area contributed by atoms with Gasteiger partial charge in [-0.25, -0.2) is 9.59 Å². The Balaban J connectivity index is 1.45. The summed E-state index contributed by atoms with van der Waals surface area (Å²) in [7, 11) is 0. The van der Waals surface area contributed by atoms with E-state index in [0.717, 1.165) is 45.9 Å². The Kier molecular flexibility index (Phi) is 4.27. The first kappa shape index (κ1) is 19.9. The third kappa shape index (κ3) is 3.12. The fourth-order valence-corrected chi connectivity index (χ4v) is 5.56. The highest BCUT2D eigenvalue weighted by Gasteiger charge is 2.37. The highest BCUT2D eigenvalue weighted by molar-refractivity contribution is 6.27. The van der Waals surface area contributed by atoms with E-state index in [1.807, 2.05) is 30.3 Å². The van der Waals surface area contributed by atoms with Gasteiger partial charge in [0.15, 0.2) is 0 Å². The zero-order valence-electron chi connectivity index (χ0n) is 18.9. The maximum atomic E-state index is 12.7. The van der Waals surface area contributed by atoms with Crippen LogP contribution >= 0.6 is 0 Å². The van der Waals surface area contributed by atoms with E-state index in [1.54, 1.807) is 0 Å². The van der Waals surface area contributed by atoms with E-state index in [0.29, 0.717) is 11.1 Å². The van der Waals surface area contributed by atoms with E-state index >= 15 is 0 Å². The molecule has 0 amide bonds. The predicted molar refractivity (Wildman–Crippen MR) is 137 cm³/mol. The summed E-state index contributed by atoms with van der Waals surface area (Å²) in [5.41, 5.74) is 9.65. The maximum absolute atomic E-state index is 12.7. The van der Waals surface area contributed by atoms with E-state index in [1.165, 1.54) is 22.3 Å². The van der Waals surface area contributed by atoms with E-state index < -0.39 is 11.9 Å². The smallest absolute Gasteiger partial charge is 0.347 e. The topological polar surface area (TPSA) is 43.4 Å². The van der Waals surface area contributed by atoms with Crippen LogP contribution in [0, 0.1) is 0 Å². The molecule has 5 aromatic rings. The van der Waals surface area contributed by atoms with Gasteiger partial charge in [-0.1, -0.05) is 91.0 Å². The summed E-state index contributed by atoms with van der Waals surface area (Å²) in [5.74, 6) is -1.12. The Morgan fingerprint density at radius 2 is 1.14 bits per heavy atom. The van der Waals surface area contributed by atoms with Crippen molar-refractivity contribution in [1.82, 2.24) is 0 Å². The number of ether oxygens (including phenoxy) is 1. The van der Waals surface area contributed by atoms with Crippen LogP contribution in [-0.4, -0.2) is 11.9 Å². The summed E-state index contributed by atoms with van der Waals surface area (Å²) in [5, 5.41) is 1.99. The van der Waals surface area contributed by atoms with Crippen LogP contribution in [0.5, 0.6) is 0 Å². The third-order valence-corrected chi connectivity index (χ3v) is 7.05. The molecule has 0 N–H and O–H groups in total. The molecule has 3 nitrogen and oxygen atoms in total. The number of hydrogen-bond acceptors (Lipinski definition) is 3. The molecule has 1 aliphatic carbocycles. The van der Waals surface area contributed by atoms with Gasteiger partial charge in [-0.3, -0.25) is 0 Å². The molecule has 0 radical (unpaired) electrons. The summed E-state index contributed by atoms with van der Waals surface area (Å²) in [6, 6.07) is 33.4. The molecule has 0 saturated carbocycles. The van der Waals surface area contributed by atoms with Crippen LogP contribution in [0.25, 0.3) is 33.0 Å². The summed E-state index contributed by atoms with van der Waals surface area (Å²) in [4.78, 5) is 25.2. The molecule has 1 heterocycles. The molecule has 0 unspecified atom stereocenters. The van der Waals surface area contributed by atoms with Crippen molar-refractivity contribution in [3.63, 3.8) is 0 Å². The van der Waals surface area contributed by atoms with Gasteiger partial charge in [0.1, 0.15) is 0 Å². The second-order valence-corrected chi connectivity index (χ2v) is 9.30. The number of carbonyl (C=O) groups is 2. The van der Waals surface area contributed by atoms with Gasteiger partial charge in [0.25, 0.3) is 0 Å². The molecule has 35 heavy (non-hydrogen) atoms. The first-order chi connectivity index (χ1) is 17.2. The van der Waals surface area contributed by atoms with Crippen LogP contribution in [0.1, 0.15) is 43.0 Å². The van der Waals surface area contributed by atoms with Crippen molar-refractivity contribution in [2.75, 3.05) is 0 Å². The molecule has 0 bridgehead atoms. The van der Waals surface area contributed by atoms with Crippen LogP contribution in [0.3, 0.4) is 0 Å². The predicted octanol–water partition coefficient (Wildman–Crippen LogP) is 6.98. The fourth-order valence-electron chi connectivity index (χ4n) is 5.56. The lowest BCUT2D eigenvalue weighted by molar-refractivity contribution is 0.0444. The summed E-state index contributed by atoms with van der Waals surface area (Å²) >= 11 is 0. The van der Waals surface area contributed by atoms with Gasteiger partial charge < -0.3 is 4.74 Å². The van der Waals surface area contributed by atoms with Crippen molar-refractivity contribution in [1.29, 1.82) is 0 Å². The lowest BCUT2D eigenvalue weighted by Crippen LogP contribution is -1.98. The molecular formula is C32H20O3. The van der Waals surface area contributed by atoms with Crippen molar-refractivity contribution in [3.8, 4) is 22.3 Å². The molecule has 0 spiro atoms. The summed E-state index contributed by atoms with van der Waals surface area (Å²) < 4.78 is 5.03. The number of cyclic esters (lactones) is 2. The number of hydrogen-bond donors (Lipinski definition) is 0. The zero-order valence-corrected chi connectivity index (χ0v) is 18.9. The standard InChI is InChI=1S/C32H20O3/c33-31-27-18-23-15-22(14-20-9-5-2-6-10-20)17-26-25-16-21(13-19-7-3-1-4-8-19)11-12-24(25)29(28(23)26)30(27)32(34)35-31/h1-12,15-18H,13-14H2. The maximum Gasteiger partial charge on any atom is 0.347 e. The van der Waals surface area contributed by atoms with Gasteiger partial charge in [0.2, 0.25) is 0 Å². The first-order valence-corrected chi connectivity index (χ1v) is 11.8. The lowest BCUT2D eigenvalue weighted by Gasteiger charge is -2.09. The van der Waals surface area contributed by atoms with Crippen LogP contribution in [0.2, 0.25) is 0 Å². The van der Waals surface area contributed by atoms with Crippen LogP contribution in [0.4, 0.5) is 0 Å². The monoisotopic (exact) mass is 452 g/mol. The molecule has 0 atom stereocenters. The van der Waals surface area contributed by atoms with Gasteiger partial charge in [-0.05, 0) is 68.6 Å². The molecule has 5 aromatic carbocycles. The van der Waals surface area contributed by atoms with E-state index in [-0.39, 0.29) is 0 Å². The minimum Gasteiger partial charge on any atom is -0.386 e. The van der Waals surface area contributed by atoms with Crippen molar-refractivity contribution < 1.29 is 14.3 Å². The van der Waals surface area contributed by atoms with Crippen LogP contribution in [-0.2, 0) is 17.6 Å². The van der Waals surface area contributed by atoms with E-state index in [9.17, 15) is 9.59 Å². The quantitative estimate of drug-likeness (QED) is 0.214. The SMILES string of the molecule is O=C1OC(=O)c2c1cc1cc(Cc3ccccc3)cc3c1c2-c1ccc(Cc2ccccc2)cc1-3. The van der Waals surface area contributed by atoms with Crippen molar-refractivity contribution in [3.05, 3.63) is 130 Å². The lowest BCUT2D eigenvalue weighted by atomic mass is 9.92. The van der Waals surface area contributed by atoms with Crippen molar-refractivity contribution in [2.45, 2.75) is 12.8 Å². The minimum absolute atomic E-state index is 0.363. The van der Waals surface area contributed by atoms with Gasteiger partial charge >= 0.3 is 11.9 Å². The number of rotatable bonds is 4. The molecule has 1 aliphatic heterocycles. The molecule has 2 aliphatic rings. The average Bonchev–Trinajstić information content (AvgIpc) is 3.34. The Morgan fingerprint density at radius 3 is 1.86 bits per heavy atom. The number of fused-ring (bicyclic) bond motifs is 5. The Morgan fingerprint density at radius 1 is 0.486 bits per heavy atom.